The van der Waals surface area contributed by atoms with E-state index in [-0.39, 0.29) is 11.4 Å². The number of aliphatic carboxylic acids is 1. The highest BCUT2D eigenvalue weighted by molar-refractivity contribution is 6.04. The first-order valence-electron chi connectivity index (χ1n) is 5.86. The summed E-state index contributed by atoms with van der Waals surface area (Å²) in [6.07, 6.45) is 3.56. The van der Waals surface area contributed by atoms with E-state index >= 15 is 0 Å². The highest BCUT2D eigenvalue weighted by Crippen LogP contribution is 2.13. The molecule has 0 unspecified atom stereocenters. The van der Waals surface area contributed by atoms with Crippen molar-refractivity contribution in [3.63, 3.8) is 0 Å². The monoisotopic (exact) mass is 287 g/mol. The molecule has 0 saturated heterocycles. The fourth-order valence-electron chi connectivity index (χ4n) is 1.54. The number of benzene rings is 1. The van der Waals surface area contributed by atoms with Crippen LogP contribution < -0.4 is 5.32 Å². The summed E-state index contributed by atoms with van der Waals surface area (Å²) in [4.78, 5) is 22.3. The van der Waals surface area contributed by atoms with Gasteiger partial charge in [-0.2, -0.15) is 5.10 Å². The summed E-state index contributed by atoms with van der Waals surface area (Å²) in [5, 5.41) is 18.1. The van der Waals surface area contributed by atoms with Crippen LogP contribution in [0.1, 0.15) is 15.9 Å². The zero-order valence-electron chi connectivity index (χ0n) is 10.7. The predicted molar refractivity (Wildman–Crippen MR) is 73.1 cm³/mol. The number of carbonyl (C=O) groups excluding carboxylic acids is 1. The maximum absolute atomic E-state index is 13.8. The Morgan fingerprint density at radius 2 is 2.10 bits per heavy atom. The number of hydrogen-bond acceptors (Lipinski definition) is 4. The second-order valence-electron chi connectivity index (χ2n) is 3.97. The number of aromatic nitrogens is 2. The Morgan fingerprint density at radius 1 is 1.29 bits per heavy atom. The molecule has 0 atom stereocenters. The minimum absolute atomic E-state index is 0.173. The molecule has 0 aliphatic heterocycles. The topological polar surface area (TPSA) is 92.2 Å². The predicted octanol–water partition coefficient (Wildman–Crippen LogP) is 1.97. The maximum atomic E-state index is 13.8. The lowest BCUT2D eigenvalue weighted by molar-refractivity contribution is -0.131. The normalized spacial score (nSPS) is 10.5. The highest BCUT2D eigenvalue weighted by atomic mass is 19.1. The van der Waals surface area contributed by atoms with Gasteiger partial charge < -0.3 is 10.4 Å². The fraction of sp³-hybridized carbons (Fsp3) is 0. The molecule has 0 fully saturated rings. The van der Waals surface area contributed by atoms with Gasteiger partial charge in [0.25, 0.3) is 5.91 Å². The van der Waals surface area contributed by atoms with Gasteiger partial charge in [0.05, 0.1) is 5.56 Å². The second kappa shape index (κ2) is 6.38. The molecular weight excluding hydrogens is 277 g/mol. The molecule has 7 heteroatoms. The molecule has 0 saturated carbocycles. The molecule has 2 rings (SSSR count). The van der Waals surface area contributed by atoms with E-state index in [1.807, 2.05) is 0 Å². The number of rotatable bonds is 4. The van der Waals surface area contributed by atoms with Gasteiger partial charge in [0.15, 0.2) is 5.82 Å². The van der Waals surface area contributed by atoms with Crippen LogP contribution in [-0.4, -0.2) is 27.2 Å². The number of amides is 1. The molecule has 2 N–H and O–H groups in total. The summed E-state index contributed by atoms with van der Waals surface area (Å²) in [5.74, 6) is -2.36. The quantitative estimate of drug-likeness (QED) is 0.839. The van der Waals surface area contributed by atoms with Crippen molar-refractivity contribution in [2.45, 2.75) is 0 Å². The smallest absolute Gasteiger partial charge is 0.328 e. The first-order valence-corrected chi connectivity index (χ1v) is 5.86. The number of carboxylic acid groups (broad SMARTS) is 1. The minimum atomic E-state index is -1.14. The molecule has 2 aromatic rings. The van der Waals surface area contributed by atoms with Crippen molar-refractivity contribution in [3.05, 3.63) is 59.5 Å². The molecule has 0 bridgehead atoms. The van der Waals surface area contributed by atoms with E-state index in [2.05, 4.69) is 15.5 Å². The SMILES string of the molecule is O=C(O)/C=C/c1ccc(C(=O)Nc2cccnn2)c(F)c1. The molecule has 106 valence electrons. The largest absolute Gasteiger partial charge is 0.478 e. The molecule has 6 nitrogen and oxygen atoms in total. The Kier molecular flexibility index (Phi) is 4.35. The number of carboxylic acids is 1. The van der Waals surface area contributed by atoms with Crippen LogP contribution >= 0.6 is 0 Å². The van der Waals surface area contributed by atoms with Crippen LogP contribution in [0, 0.1) is 5.82 Å². The Hall–Kier alpha value is -3.09. The van der Waals surface area contributed by atoms with Crippen molar-refractivity contribution in [3.8, 4) is 0 Å². The number of nitrogens with one attached hydrogen (secondary N) is 1. The number of halogens is 1. The third kappa shape index (κ3) is 3.93. The first kappa shape index (κ1) is 14.3. The standard InChI is InChI=1S/C14H10FN3O3/c15-11-8-9(4-6-13(19)20)3-5-10(11)14(21)17-12-2-1-7-16-18-12/h1-8H,(H,19,20)(H,17,18,21)/b6-4+. The van der Waals surface area contributed by atoms with E-state index in [9.17, 15) is 14.0 Å². The van der Waals surface area contributed by atoms with Gasteiger partial charge in [-0.25, -0.2) is 9.18 Å². The van der Waals surface area contributed by atoms with Crippen LogP contribution in [0.3, 0.4) is 0 Å². The summed E-state index contributed by atoms with van der Waals surface area (Å²) in [7, 11) is 0. The molecule has 1 aromatic carbocycles. The zero-order chi connectivity index (χ0) is 15.2. The number of carbonyl (C=O) groups is 2. The molecule has 21 heavy (non-hydrogen) atoms. The van der Waals surface area contributed by atoms with Crippen LogP contribution in [0.5, 0.6) is 0 Å². The van der Waals surface area contributed by atoms with Crippen LogP contribution in [0.15, 0.2) is 42.6 Å². The first-order chi connectivity index (χ1) is 10.1. The van der Waals surface area contributed by atoms with Crippen molar-refractivity contribution >= 4 is 23.8 Å². The average molecular weight is 287 g/mol. The summed E-state index contributed by atoms with van der Waals surface area (Å²) < 4.78 is 13.8. The van der Waals surface area contributed by atoms with Gasteiger partial charge in [0.2, 0.25) is 0 Å². The Labute approximate surface area is 118 Å². The van der Waals surface area contributed by atoms with Gasteiger partial charge >= 0.3 is 5.97 Å². The van der Waals surface area contributed by atoms with E-state index in [0.29, 0.717) is 5.56 Å². The highest BCUT2D eigenvalue weighted by Gasteiger charge is 2.12. The average Bonchev–Trinajstić information content (AvgIpc) is 2.46. The van der Waals surface area contributed by atoms with Gasteiger partial charge in [-0.05, 0) is 35.9 Å². The lowest BCUT2D eigenvalue weighted by Crippen LogP contribution is -2.15. The van der Waals surface area contributed by atoms with Crippen molar-refractivity contribution in [1.29, 1.82) is 0 Å². The lowest BCUT2D eigenvalue weighted by Gasteiger charge is -2.05. The van der Waals surface area contributed by atoms with E-state index in [1.165, 1.54) is 30.5 Å². The van der Waals surface area contributed by atoms with Crippen molar-refractivity contribution in [1.82, 2.24) is 10.2 Å². The molecule has 1 aromatic heterocycles. The molecular formula is C14H10FN3O3. The van der Waals surface area contributed by atoms with E-state index in [0.717, 1.165) is 12.1 Å². The number of hydrogen-bond donors (Lipinski definition) is 2. The summed E-state index contributed by atoms with van der Waals surface area (Å²) in [6, 6.07) is 6.88. The van der Waals surface area contributed by atoms with Crippen molar-refractivity contribution in [2.75, 3.05) is 5.32 Å². The number of anilines is 1. The van der Waals surface area contributed by atoms with Gasteiger partial charge in [-0.3, -0.25) is 4.79 Å². The van der Waals surface area contributed by atoms with Crippen LogP contribution in [0.2, 0.25) is 0 Å². The Balaban J connectivity index is 2.17. The van der Waals surface area contributed by atoms with Gasteiger partial charge in [0.1, 0.15) is 5.82 Å². The zero-order valence-corrected chi connectivity index (χ0v) is 10.7. The van der Waals surface area contributed by atoms with Crippen LogP contribution in [0.25, 0.3) is 6.08 Å². The Bertz CT molecular complexity index is 702. The summed E-state index contributed by atoms with van der Waals surface area (Å²) in [6.45, 7) is 0. The molecule has 1 amide bonds. The van der Waals surface area contributed by atoms with Gasteiger partial charge in [0, 0.05) is 12.3 Å². The minimum Gasteiger partial charge on any atom is -0.478 e. The van der Waals surface area contributed by atoms with Crippen LogP contribution in [0.4, 0.5) is 10.2 Å². The third-order valence-electron chi connectivity index (χ3n) is 2.47. The third-order valence-corrected chi connectivity index (χ3v) is 2.47. The Morgan fingerprint density at radius 3 is 2.71 bits per heavy atom. The van der Waals surface area contributed by atoms with E-state index < -0.39 is 17.7 Å². The summed E-state index contributed by atoms with van der Waals surface area (Å²) >= 11 is 0. The molecule has 0 aliphatic rings. The molecule has 0 radical (unpaired) electrons. The van der Waals surface area contributed by atoms with E-state index in [1.54, 1.807) is 6.07 Å². The fourth-order valence-corrected chi connectivity index (χ4v) is 1.54. The van der Waals surface area contributed by atoms with Gasteiger partial charge in [-0.15, -0.1) is 5.10 Å². The molecule has 0 aliphatic carbocycles. The molecule has 0 spiro atoms. The lowest BCUT2D eigenvalue weighted by atomic mass is 10.1. The van der Waals surface area contributed by atoms with Gasteiger partial charge in [-0.1, -0.05) is 6.07 Å². The van der Waals surface area contributed by atoms with Crippen molar-refractivity contribution < 1.29 is 19.1 Å². The number of nitrogens with zero attached hydrogens (tertiary/aromatic N) is 2. The molecule has 1 heterocycles. The second-order valence-corrected chi connectivity index (χ2v) is 3.97. The van der Waals surface area contributed by atoms with E-state index in [4.69, 9.17) is 5.11 Å². The summed E-state index contributed by atoms with van der Waals surface area (Å²) in [5.41, 5.74) is 0.166. The maximum Gasteiger partial charge on any atom is 0.328 e. The van der Waals surface area contributed by atoms with Crippen LogP contribution in [-0.2, 0) is 4.79 Å². The van der Waals surface area contributed by atoms with Crippen molar-refractivity contribution in [2.24, 2.45) is 0 Å².